The zero-order chi connectivity index (χ0) is 11.4. The smallest absolute Gasteiger partial charge is 0.273 e. The minimum absolute atomic E-state index is 0.146. The van der Waals surface area contributed by atoms with Gasteiger partial charge in [-0.15, -0.1) is 5.10 Å². The summed E-state index contributed by atoms with van der Waals surface area (Å²) in [7, 11) is 0. The first-order valence-corrected chi connectivity index (χ1v) is 6.60. The summed E-state index contributed by atoms with van der Waals surface area (Å²) in [5.41, 5.74) is 0.396. The van der Waals surface area contributed by atoms with Gasteiger partial charge in [0.25, 0.3) is 5.91 Å². The van der Waals surface area contributed by atoms with Crippen molar-refractivity contribution in [3.8, 4) is 0 Å². The van der Waals surface area contributed by atoms with Crippen LogP contribution in [0, 0.1) is 0 Å². The van der Waals surface area contributed by atoms with Crippen LogP contribution in [0.5, 0.6) is 0 Å². The molecule has 0 aliphatic carbocycles. The fourth-order valence-corrected chi connectivity index (χ4v) is 1.68. The van der Waals surface area contributed by atoms with Crippen LogP contribution in [0.15, 0.2) is 6.20 Å². The van der Waals surface area contributed by atoms with Gasteiger partial charge in [-0.2, -0.15) is 11.8 Å². The highest BCUT2D eigenvalue weighted by atomic mass is 32.2. The first-order chi connectivity index (χ1) is 7.81. The second-order valence-electron chi connectivity index (χ2n) is 3.64. The van der Waals surface area contributed by atoms with Crippen LogP contribution in [-0.4, -0.2) is 52.5 Å². The summed E-state index contributed by atoms with van der Waals surface area (Å²) in [5.74, 6) is 0.763. The lowest BCUT2D eigenvalue weighted by atomic mass is 10.2. The molecule has 1 aromatic rings. The summed E-state index contributed by atoms with van der Waals surface area (Å²) in [5, 5.41) is 13.8. The van der Waals surface area contributed by atoms with Crippen molar-refractivity contribution in [2.45, 2.75) is 6.04 Å². The molecular weight excluding hydrogens is 226 g/mol. The van der Waals surface area contributed by atoms with Gasteiger partial charge in [-0.3, -0.25) is 4.79 Å². The predicted octanol–water partition coefficient (Wildman–Crippen LogP) is -0.485. The van der Waals surface area contributed by atoms with Gasteiger partial charge < -0.3 is 10.6 Å². The van der Waals surface area contributed by atoms with Crippen molar-refractivity contribution in [2.75, 3.05) is 31.6 Å². The summed E-state index contributed by atoms with van der Waals surface area (Å²) in [6.07, 6.45) is 3.71. The van der Waals surface area contributed by atoms with Gasteiger partial charge in [0.1, 0.15) is 0 Å². The molecule has 7 heteroatoms. The van der Waals surface area contributed by atoms with Crippen molar-refractivity contribution in [2.24, 2.45) is 0 Å². The topological polar surface area (TPSA) is 71.8 Å². The van der Waals surface area contributed by atoms with E-state index in [2.05, 4.69) is 20.9 Å². The Kier molecular flexibility index (Phi) is 3.79. The van der Waals surface area contributed by atoms with Gasteiger partial charge in [0.05, 0.1) is 12.2 Å². The van der Waals surface area contributed by atoms with Gasteiger partial charge in [0.15, 0.2) is 5.69 Å². The first-order valence-electron chi connectivity index (χ1n) is 5.21. The molecule has 0 aromatic carbocycles. The summed E-state index contributed by atoms with van der Waals surface area (Å²) in [6, 6.07) is 0.347. The van der Waals surface area contributed by atoms with Gasteiger partial charge in [0, 0.05) is 25.4 Å². The van der Waals surface area contributed by atoms with Crippen molar-refractivity contribution < 1.29 is 4.79 Å². The number of carbonyl (C=O) groups is 1. The third kappa shape index (κ3) is 2.53. The van der Waals surface area contributed by atoms with E-state index in [9.17, 15) is 4.79 Å². The molecule has 2 rings (SSSR count). The minimum Gasteiger partial charge on any atom is -0.350 e. The summed E-state index contributed by atoms with van der Waals surface area (Å²) < 4.78 is 1.75. The Morgan fingerprint density at radius 1 is 1.75 bits per heavy atom. The molecule has 2 heterocycles. The monoisotopic (exact) mass is 241 g/mol. The Morgan fingerprint density at radius 2 is 2.56 bits per heavy atom. The van der Waals surface area contributed by atoms with Crippen LogP contribution in [-0.2, 0) is 0 Å². The molecule has 1 amide bonds. The van der Waals surface area contributed by atoms with Crippen LogP contribution >= 0.6 is 11.8 Å². The molecule has 0 saturated carbocycles. The number of nitrogens with zero attached hydrogens (tertiary/aromatic N) is 3. The molecule has 0 bridgehead atoms. The minimum atomic E-state index is -0.146. The summed E-state index contributed by atoms with van der Waals surface area (Å²) in [6.45, 7) is 2.46. The molecule has 88 valence electrons. The lowest BCUT2D eigenvalue weighted by molar-refractivity contribution is 0.0951. The van der Waals surface area contributed by atoms with Crippen molar-refractivity contribution in [1.29, 1.82) is 0 Å². The molecule has 1 aliphatic heterocycles. The van der Waals surface area contributed by atoms with Gasteiger partial charge in [-0.1, -0.05) is 5.21 Å². The lowest BCUT2D eigenvalue weighted by Gasteiger charge is -2.26. The van der Waals surface area contributed by atoms with Crippen LogP contribution < -0.4 is 10.6 Å². The predicted molar refractivity (Wildman–Crippen MR) is 62.6 cm³/mol. The molecule has 1 aliphatic rings. The van der Waals surface area contributed by atoms with E-state index in [1.54, 1.807) is 22.6 Å². The van der Waals surface area contributed by atoms with E-state index in [0.717, 1.165) is 18.8 Å². The summed E-state index contributed by atoms with van der Waals surface area (Å²) in [4.78, 5) is 11.6. The largest absolute Gasteiger partial charge is 0.350 e. The highest BCUT2D eigenvalue weighted by molar-refractivity contribution is 7.98. The van der Waals surface area contributed by atoms with Gasteiger partial charge in [0.2, 0.25) is 0 Å². The SMILES string of the molecule is CSCCNC(=O)c1cn(C2CNC2)nn1. The maximum atomic E-state index is 11.6. The van der Waals surface area contributed by atoms with Crippen LogP contribution in [0.4, 0.5) is 0 Å². The Hall–Kier alpha value is -1.08. The Morgan fingerprint density at radius 3 is 3.19 bits per heavy atom. The number of hydrogen-bond donors (Lipinski definition) is 2. The fraction of sp³-hybridized carbons (Fsp3) is 0.667. The Balaban J connectivity index is 1.87. The quantitative estimate of drug-likeness (QED) is 0.681. The highest BCUT2D eigenvalue weighted by Gasteiger charge is 2.21. The van der Waals surface area contributed by atoms with E-state index in [4.69, 9.17) is 0 Å². The van der Waals surface area contributed by atoms with E-state index in [0.29, 0.717) is 18.3 Å². The van der Waals surface area contributed by atoms with Crippen LogP contribution in [0.2, 0.25) is 0 Å². The number of carbonyl (C=O) groups excluding carboxylic acids is 1. The number of hydrogen-bond acceptors (Lipinski definition) is 5. The second-order valence-corrected chi connectivity index (χ2v) is 4.63. The van der Waals surface area contributed by atoms with Crippen molar-refractivity contribution >= 4 is 17.7 Å². The van der Waals surface area contributed by atoms with Crippen molar-refractivity contribution in [3.05, 3.63) is 11.9 Å². The average molecular weight is 241 g/mol. The van der Waals surface area contributed by atoms with E-state index < -0.39 is 0 Å². The molecule has 0 radical (unpaired) electrons. The highest BCUT2D eigenvalue weighted by Crippen LogP contribution is 2.09. The lowest BCUT2D eigenvalue weighted by Crippen LogP contribution is -2.43. The zero-order valence-corrected chi connectivity index (χ0v) is 9.96. The van der Waals surface area contributed by atoms with Gasteiger partial charge >= 0.3 is 0 Å². The molecular formula is C9H15N5OS. The normalized spacial score (nSPS) is 15.8. The van der Waals surface area contributed by atoms with E-state index in [1.165, 1.54) is 0 Å². The third-order valence-corrected chi connectivity index (χ3v) is 3.08. The maximum Gasteiger partial charge on any atom is 0.273 e. The van der Waals surface area contributed by atoms with E-state index in [-0.39, 0.29) is 5.91 Å². The number of nitrogens with one attached hydrogen (secondary N) is 2. The second kappa shape index (κ2) is 5.31. The van der Waals surface area contributed by atoms with Crippen LogP contribution in [0.25, 0.3) is 0 Å². The molecule has 6 nitrogen and oxygen atoms in total. The maximum absolute atomic E-state index is 11.6. The van der Waals surface area contributed by atoms with E-state index in [1.807, 2.05) is 6.26 Å². The molecule has 0 atom stereocenters. The number of aromatic nitrogens is 3. The van der Waals surface area contributed by atoms with E-state index >= 15 is 0 Å². The Labute approximate surface area is 98.2 Å². The van der Waals surface area contributed by atoms with Crippen LogP contribution in [0.1, 0.15) is 16.5 Å². The summed E-state index contributed by atoms with van der Waals surface area (Å²) >= 11 is 1.70. The molecule has 1 aromatic heterocycles. The average Bonchev–Trinajstić information content (AvgIpc) is 2.64. The molecule has 0 spiro atoms. The third-order valence-electron chi connectivity index (χ3n) is 2.47. The van der Waals surface area contributed by atoms with Crippen LogP contribution in [0.3, 0.4) is 0 Å². The molecule has 2 N–H and O–H groups in total. The number of thioether (sulfide) groups is 1. The first kappa shape index (κ1) is 11.4. The Bertz CT molecular complexity index is 363. The molecule has 0 unspecified atom stereocenters. The number of rotatable bonds is 5. The van der Waals surface area contributed by atoms with Crippen molar-refractivity contribution in [1.82, 2.24) is 25.6 Å². The van der Waals surface area contributed by atoms with Gasteiger partial charge in [-0.05, 0) is 6.26 Å². The number of amides is 1. The van der Waals surface area contributed by atoms with Gasteiger partial charge in [-0.25, -0.2) is 4.68 Å². The zero-order valence-electron chi connectivity index (χ0n) is 9.14. The van der Waals surface area contributed by atoms with Crippen molar-refractivity contribution in [3.63, 3.8) is 0 Å². The standard InChI is InChI=1S/C9H15N5OS/c1-16-3-2-11-9(15)8-6-14(13-12-8)7-4-10-5-7/h6-7,10H,2-5H2,1H3,(H,11,15). The molecule has 1 fully saturated rings. The molecule has 16 heavy (non-hydrogen) atoms. The fourth-order valence-electron chi connectivity index (χ4n) is 1.38. The molecule has 1 saturated heterocycles.